The van der Waals surface area contributed by atoms with Crippen molar-refractivity contribution in [2.75, 3.05) is 25.6 Å². The first-order valence-electron chi connectivity index (χ1n) is 6.48. The average Bonchev–Trinajstić information content (AvgIpc) is 2.68. The fourth-order valence-corrected chi connectivity index (χ4v) is 2.06. The average molecular weight is 264 g/mol. The van der Waals surface area contributed by atoms with Crippen LogP contribution >= 0.6 is 0 Å². The lowest BCUT2D eigenvalue weighted by atomic mass is 10.1. The maximum Gasteiger partial charge on any atom is 0.246 e. The topological polar surface area (TPSA) is 59.6 Å². The molecule has 1 aromatic rings. The van der Waals surface area contributed by atoms with E-state index in [1.165, 1.54) is 0 Å². The van der Waals surface area contributed by atoms with Crippen LogP contribution < -0.4 is 15.4 Å². The van der Waals surface area contributed by atoms with Crippen LogP contribution in [-0.4, -0.2) is 32.3 Å². The molecule has 1 aliphatic rings. The van der Waals surface area contributed by atoms with E-state index in [9.17, 15) is 4.79 Å². The number of amides is 1. The Morgan fingerprint density at radius 1 is 1.37 bits per heavy atom. The van der Waals surface area contributed by atoms with Gasteiger partial charge in [0.25, 0.3) is 0 Å². The quantitative estimate of drug-likeness (QED) is 0.768. The lowest BCUT2D eigenvalue weighted by molar-refractivity contribution is -0.117. The number of fused-ring (bicyclic) bond motifs is 1. The van der Waals surface area contributed by atoms with E-state index in [0.717, 1.165) is 17.0 Å². The van der Waals surface area contributed by atoms with Crippen LogP contribution in [-0.2, 0) is 9.53 Å². The second-order valence-corrected chi connectivity index (χ2v) is 4.73. The summed E-state index contributed by atoms with van der Waals surface area (Å²) in [4.78, 5) is 11.7. The lowest BCUT2D eigenvalue weighted by Gasteiger charge is -2.11. The molecule has 0 spiro atoms. The Morgan fingerprint density at radius 3 is 2.84 bits per heavy atom. The summed E-state index contributed by atoms with van der Waals surface area (Å²) in [5.41, 5.74) is 1.77. The van der Waals surface area contributed by atoms with Crippen molar-refractivity contribution >= 4 is 11.6 Å². The number of rotatable bonds is 6. The zero-order valence-corrected chi connectivity index (χ0v) is 11.5. The predicted molar refractivity (Wildman–Crippen MR) is 73.5 cm³/mol. The molecule has 1 atom stereocenters. The van der Waals surface area contributed by atoms with Gasteiger partial charge in [-0.1, -0.05) is 6.07 Å². The summed E-state index contributed by atoms with van der Waals surface area (Å²) < 4.78 is 11.0. The molecule has 2 rings (SSSR count). The van der Waals surface area contributed by atoms with E-state index in [1.54, 1.807) is 7.05 Å². The van der Waals surface area contributed by atoms with E-state index in [0.29, 0.717) is 13.2 Å². The third kappa shape index (κ3) is 3.24. The van der Waals surface area contributed by atoms with Crippen molar-refractivity contribution < 1.29 is 14.3 Å². The van der Waals surface area contributed by atoms with E-state index >= 15 is 0 Å². The van der Waals surface area contributed by atoms with Gasteiger partial charge in [-0.05, 0) is 27.0 Å². The van der Waals surface area contributed by atoms with Gasteiger partial charge in [-0.2, -0.15) is 0 Å². The normalized spacial score (nSPS) is 17.5. The molecule has 1 aliphatic heterocycles. The van der Waals surface area contributed by atoms with Gasteiger partial charge in [0.05, 0.1) is 12.7 Å². The summed E-state index contributed by atoms with van der Waals surface area (Å²) in [6.45, 7) is 5.03. The van der Waals surface area contributed by atoms with Crippen LogP contribution in [0.15, 0.2) is 18.2 Å². The summed E-state index contributed by atoms with van der Waals surface area (Å²) in [6, 6.07) is 5.36. The molecule has 0 aromatic heterocycles. The van der Waals surface area contributed by atoms with Crippen LogP contribution in [0.5, 0.6) is 5.75 Å². The van der Waals surface area contributed by atoms with E-state index in [1.807, 2.05) is 32.0 Å². The monoisotopic (exact) mass is 264 g/mol. The number of anilines is 1. The van der Waals surface area contributed by atoms with Crippen LogP contribution in [0.3, 0.4) is 0 Å². The van der Waals surface area contributed by atoms with Crippen molar-refractivity contribution in [2.45, 2.75) is 26.0 Å². The van der Waals surface area contributed by atoms with Crippen LogP contribution in [0.25, 0.3) is 0 Å². The molecule has 0 saturated heterocycles. The number of nitrogens with one attached hydrogen (secondary N) is 2. The van der Waals surface area contributed by atoms with Crippen molar-refractivity contribution in [1.29, 1.82) is 0 Å². The number of likely N-dealkylation sites (N-methyl/N-ethyl adjacent to an activating group) is 1. The zero-order chi connectivity index (χ0) is 13.8. The number of ether oxygens (including phenoxy) is 2. The van der Waals surface area contributed by atoms with E-state index in [4.69, 9.17) is 9.47 Å². The Hall–Kier alpha value is -1.59. The standard InChI is InChI=1S/C14H20N2O3/c1-9(2)18-6-7-19-10-4-5-11-12(8-10)16-14(17)13(11)15-3/h4-5,8-9,13,15H,6-7H2,1-3H3,(H,16,17). The molecular formula is C14H20N2O3. The first kappa shape index (κ1) is 13.8. The van der Waals surface area contributed by atoms with Gasteiger partial charge < -0.3 is 20.1 Å². The highest BCUT2D eigenvalue weighted by Crippen LogP contribution is 2.33. The maximum absolute atomic E-state index is 11.7. The lowest BCUT2D eigenvalue weighted by Crippen LogP contribution is -2.23. The minimum atomic E-state index is -0.270. The Morgan fingerprint density at radius 2 is 2.16 bits per heavy atom. The Bertz CT molecular complexity index is 460. The molecule has 0 bridgehead atoms. The second kappa shape index (κ2) is 6.04. The first-order chi connectivity index (χ1) is 9.11. The Labute approximate surface area is 113 Å². The summed E-state index contributed by atoms with van der Waals surface area (Å²) in [6.07, 6.45) is 0.208. The largest absolute Gasteiger partial charge is 0.491 e. The fourth-order valence-electron chi connectivity index (χ4n) is 2.06. The molecular weight excluding hydrogens is 244 g/mol. The van der Waals surface area contributed by atoms with Crippen molar-refractivity contribution in [2.24, 2.45) is 0 Å². The van der Waals surface area contributed by atoms with Crippen molar-refractivity contribution in [3.8, 4) is 5.75 Å². The van der Waals surface area contributed by atoms with E-state index < -0.39 is 0 Å². The number of carbonyl (C=O) groups excluding carboxylic acids is 1. The van der Waals surface area contributed by atoms with Gasteiger partial charge in [0.15, 0.2) is 0 Å². The molecule has 5 heteroatoms. The van der Waals surface area contributed by atoms with Crippen LogP contribution in [0.2, 0.25) is 0 Å². The smallest absolute Gasteiger partial charge is 0.246 e. The minimum Gasteiger partial charge on any atom is -0.491 e. The van der Waals surface area contributed by atoms with Crippen molar-refractivity contribution in [3.63, 3.8) is 0 Å². The molecule has 2 N–H and O–H groups in total. The predicted octanol–water partition coefficient (Wildman–Crippen LogP) is 1.70. The molecule has 1 unspecified atom stereocenters. The highest BCUT2D eigenvalue weighted by molar-refractivity contribution is 6.02. The fraction of sp³-hybridized carbons (Fsp3) is 0.500. The van der Waals surface area contributed by atoms with Crippen LogP contribution in [0.1, 0.15) is 25.5 Å². The SMILES string of the molecule is CNC1C(=O)Nc2cc(OCCOC(C)C)ccc21. The number of hydrogen-bond acceptors (Lipinski definition) is 4. The third-order valence-electron chi connectivity index (χ3n) is 2.95. The van der Waals surface area contributed by atoms with Gasteiger partial charge in [-0.15, -0.1) is 0 Å². The Kier molecular flexibility index (Phi) is 4.39. The Balaban J connectivity index is 1.95. The molecule has 1 aromatic carbocycles. The van der Waals surface area contributed by atoms with E-state index in [-0.39, 0.29) is 18.1 Å². The van der Waals surface area contributed by atoms with Crippen LogP contribution in [0.4, 0.5) is 5.69 Å². The second-order valence-electron chi connectivity index (χ2n) is 4.73. The molecule has 1 amide bonds. The van der Waals surface area contributed by atoms with Gasteiger partial charge in [-0.3, -0.25) is 4.79 Å². The van der Waals surface area contributed by atoms with Crippen molar-refractivity contribution in [3.05, 3.63) is 23.8 Å². The van der Waals surface area contributed by atoms with Gasteiger partial charge in [0.2, 0.25) is 5.91 Å². The molecule has 1 heterocycles. The van der Waals surface area contributed by atoms with Gasteiger partial charge >= 0.3 is 0 Å². The van der Waals surface area contributed by atoms with Gasteiger partial charge in [-0.25, -0.2) is 0 Å². The number of carbonyl (C=O) groups is 1. The summed E-state index contributed by atoms with van der Waals surface area (Å²) in [7, 11) is 1.77. The maximum atomic E-state index is 11.7. The minimum absolute atomic E-state index is 0.0298. The zero-order valence-electron chi connectivity index (χ0n) is 11.5. The molecule has 0 aliphatic carbocycles. The summed E-state index contributed by atoms with van der Waals surface area (Å²) in [5, 5.41) is 5.82. The number of hydrogen-bond donors (Lipinski definition) is 2. The summed E-state index contributed by atoms with van der Waals surface area (Å²) >= 11 is 0. The van der Waals surface area contributed by atoms with E-state index in [2.05, 4.69) is 10.6 Å². The molecule has 19 heavy (non-hydrogen) atoms. The highest BCUT2D eigenvalue weighted by Gasteiger charge is 2.29. The van der Waals surface area contributed by atoms with Crippen LogP contribution in [0, 0.1) is 0 Å². The first-order valence-corrected chi connectivity index (χ1v) is 6.48. The van der Waals surface area contributed by atoms with Gasteiger partial charge in [0, 0.05) is 17.3 Å². The highest BCUT2D eigenvalue weighted by atomic mass is 16.5. The summed E-state index contributed by atoms with van der Waals surface area (Å²) in [5.74, 6) is 0.709. The molecule has 0 saturated carbocycles. The third-order valence-corrected chi connectivity index (χ3v) is 2.95. The number of benzene rings is 1. The van der Waals surface area contributed by atoms with Gasteiger partial charge in [0.1, 0.15) is 18.4 Å². The molecule has 0 fully saturated rings. The molecule has 5 nitrogen and oxygen atoms in total. The molecule has 0 radical (unpaired) electrons. The van der Waals surface area contributed by atoms with Crippen molar-refractivity contribution in [1.82, 2.24) is 5.32 Å². The molecule has 104 valence electrons.